The molecular weight excluding hydrogens is 309 g/mol. The highest BCUT2D eigenvalue weighted by Crippen LogP contribution is 2.31. The number of aryl methyl sites for hydroxylation is 2. The number of anilines is 1. The summed E-state index contributed by atoms with van der Waals surface area (Å²) in [4.78, 5) is 0. The van der Waals surface area contributed by atoms with Gasteiger partial charge in [0.1, 0.15) is 17.2 Å². The van der Waals surface area contributed by atoms with Gasteiger partial charge in [-0.3, -0.25) is 0 Å². The SMILES string of the molecule is Cc1cc(-c2nn(-c3ccc(Cl)c(Cl)c3)cc2N)c(C)o1. The molecule has 0 bridgehead atoms. The van der Waals surface area contributed by atoms with Crippen molar-refractivity contribution in [2.45, 2.75) is 13.8 Å². The zero-order chi connectivity index (χ0) is 15.1. The third-order valence-electron chi connectivity index (χ3n) is 3.21. The molecule has 0 atom stereocenters. The molecule has 0 aliphatic heterocycles. The molecule has 2 N–H and O–H groups in total. The fraction of sp³-hybridized carbons (Fsp3) is 0.133. The van der Waals surface area contributed by atoms with E-state index < -0.39 is 0 Å². The molecule has 108 valence electrons. The molecule has 0 saturated carbocycles. The minimum absolute atomic E-state index is 0.472. The molecule has 0 amide bonds. The van der Waals surface area contributed by atoms with Crippen molar-refractivity contribution in [3.63, 3.8) is 0 Å². The number of hydrogen-bond donors (Lipinski definition) is 1. The molecule has 3 rings (SSSR count). The monoisotopic (exact) mass is 321 g/mol. The Hall–Kier alpha value is -1.91. The lowest BCUT2D eigenvalue weighted by Crippen LogP contribution is -1.94. The Bertz CT molecular complexity index is 820. The maximum atomic E-state index is 6.07. The summed E-state index contributed by atoms with van der Waals surface area (Å²) in [5.41, 5.74) is 9.02. The van der Waals surface area contributed by atoms with Gasteiger partial charge in [0, 0.05) is 5.56 Å². The summed E-state index contributed by atoms with van der Waals surface area (Å²) in [5, 5.41) is 5.50. The molecule has 0 aliphatic rings. The maximum absolute atomic E-state index is 6.07. The molecule has 0 radical (unpaired) electrons. The van der Waals surface area contributed by atoms with Crippen molar-refractivity contribution in [3.8, 4) is 16.9 Å². The van der Waals surface area contributed by atoms with E-state index in [4.69, 9.17) is 33.4 Å². The first-order valence-corrected chi connectivity index (χ1v) is 7.09. The van der Waals surface area contributed by atoms with E-state index in [2.05, 4.69) is 5.10 Å². The van der Waals surface area contributed by atoms with Gasteiger partial charge in [0.25, 0.3) is 0 Å². The number of aromatic nitrogens is 2. The quantitative estimate of drug-likeness (QED) is 0.748. The Balaban J connectivity index is 2.09. The van der Waals surface area contributed by atoms with Gasteiger partial charge in [0.15, 0.2) is 0 Å². The van der Waals surface area contributed by atoms with Crippen molar-refractivity contribution in [2.75, 3.05) is 5.73 Å². The molecule has 21 heavy (non-hydrogen) atoms. The Labute approximate surface area is 132 Å². The van der Waals surface area contributed by atoms with Gasteiger partial charge in [-0.15, -0.1) is 0 Å². The van der Waals surface area contributed by atoms with Gasteiger partial charge in [0.05, 0.1) is 27.6 Å². The summed E-state index contributed by atoms with van der Waals surface area (Å²) in [6, 6.07) is 7.22. The number of furan rings is 1. The molecule has 2 aromatic heterocycles. The molecule has 0 fully saturated rings. The normalized spacial score (nSPS) is 11.0. The van der Waals surface area contributed by atoms with Gasteiger partial charge in [-0.05, 0) is 38.1 Å². The van der Waals surface area contributed by atoms with Crippen molar-refractivity contribution >= 4 is 28.9 Å². The van der Waals surface area contributed by atoms with Crippen molar-refractivity contribution in [3.05, 3.63) is 52.0 Å². The van der Waals surface area contributed by atoms with Crippen LogP contribution in [0.5, 0.6) is 0 Å². The number of nitrogens with two attached hydrogens (primary N) is 1. The van der Waals surface area contributed by atoms with Gasteiger partial charge in [-0.25, -0.2) is 4.68 Å². The summed E-state index contributed by atoms with van der Waals surface area (Å²) in [6.45, 7) is 3.78. The number of halogens is 2. The first-order valence-electron chi connectivity index (χ1n) is 6.33. The van der Waals surface area contributed by atoms with Crippen molar-refractivity contribution in [1.82, 2.24) is 9.78 Å². The minimum Gasteiger partial charge on any atom is -0.466 e. The van der Waals surface area contributed by atoms with E-state index >= 15 is 0 Å². The first-order chi connectivity index (χ1) is 9.95. The average molecular weight is 322 g/mol. The molecule has 0 unspecified atom stereocenters. The fourth-order valence-electron chi connectivity index (χ4n) is 2.22. The molecule has 0 saturated heterocycles. The summed E-state index contributed by atoms with van der Waals surface area (Å²) in [6.07, 6.45) is 1.75. The summed E-state index contributed by atoms with van der Waals surface area (Å²) in [7, 11) is 0. The van der Waals surface area contributed by atoms with Crippen LogP contribution in [0.4, 0.5) is 5.69 Å². The highest BCUT2D eigenvalue weighted by Gasteiger charge is 2.15. The topological polar surface area (TPSA) is 57.0 Å². The minimum atomic E-state index is 0.472. The third-order valence-corrected chi connectivity index (χ3v) is 3.95. The Morgan fingerprint density at radius 3 is 2.52 bits per heavy atom. The highest BCUT2D eigenvalue weighted by molar-refractivity contribution is 6.42. The second-order valence-corrected chi connectivity index (χ2v) is 5.62. The van der Waals surface area contributed by atoms with Crippen LogP contribution in [0, 0.1) is 13.8 Å². The number of benzene rings is 1. The second-order valence-electron chi connectivity index (χ2n) is 4.80. The predicted molar refractivity (Wildman–Crippen MR) is 85.2 cm³/mol. The van der Waals surface area contributed by atoms with Crippen LogP contribution in [0.25, 0.3) is 16.9 Å². The zero-order valence-electron chi connectivity index (χ0n) is 11.5. The molecule has 2 heterocycles. The van der Waals surface area contributed by atoms with Crippen LogP contribution in [-0.2, 0) is 0 Å². The molecule has 3 aromatic rings. The maximum Gasteiger partial charge on any atom is 0.119 e. The van der Waals surface area contributed by atoms with Crippen molar-refractivity contribution in [1.29, 1.82) is 0 Å². The number of hydrogen-bond acceptors (Lipinski definition) is 3. The fourth-order valence-corrected chi connectivity index (χ4v) is 2.51. The van der Waals surface area contributed by atoms with E-state index in [1.165, 1.54) is 0 Å². The lowest BCUT2D eigenvalue weighted by Gasteiger charge is -2.02. The van der Waals surface area contributed by atoms with Crippen molar-refractivity contribution in [2.24, 2.45) is 0 Å². The van der Waals surface area contributed by atoms with E-state index in [-0.39, 0.29) is 0 Å². The average Bonchev–Trinajstić information content (AvgIpc) is 2.95. The van der Waals surface area contributed by atoms with E-state index in [1.54, 1.807) is 23.0 Å². The van der Waals surface area contributed by atoms with Gasteiger partial charge < -0.3 is 10.2 Å². The van der Waals surface area contributed by atoms with Crippen LogP contribution >= 0.6 is 23.2 Å². The largest absolute Gasteiger partial charge is 0.466 e. The molecule has 0 spiro atoms. The van der Waals surface area contributed by atoms with Crippen LogP contribution in [-0.4, -0.2) is 9.78 Å². The number of nitrogens with zero attached hydrogens (tertiary/aromatic N) is 2. The van der Waals surface area contributed by atoms with Crippen LogP contribution in [0.2, 0.25) is 10.0 Å². The second kappa shape index (κ2) is 5.13. The van der Waals surface area contributed by atoms with Gasteiger partial charge in [0.2, 0.25) is 0 Å². The van der Waals surface area contributed by atoms with Crippen LogP contribution in [0.3, 0.4) is 0 Å². The molecule has 0 aliphatic carbocycles. The smallest absolute Gasteiger partial charge is 0.119 e. The Morgan fingerprint density at radius 1 is 1.14 bits per heavy atom. The highest BCUT2D eigenvalue weighted by atomic mass is 35.5. The van der Waals surface area contributed by atoms with E-state index in [0.717, 1.165) is 22.8 Å². The molecule has 4 nitrogen and oxygen atoms in total. The number of rotatable bonds is 2. The lowest BCUT2D eigenvalue weighted by atomic mass is 10.1. The molecule has 6 heteroatoms. The number of nitrogen functional groups attached to an aromatic ring is 1. The van der Waals surface area contributed by atoms with E-state index in [1.807, 2.05) is 26.0 Å². The van der Waals surface area contributed by atoms with Crippen LogP contribution in [0.1, 0.15) is 11.5 Å². The van der Waals surface area contributed by atoms with Crippen LogP contribution in [0.15, 0.2) is 34.9 Å². The summed E-state index contributed by atoms with van der Waals surface area (Å²) in [5.74, 6) is 1.62. The molecule has 1 aromatic carbocycles. The summed E-state index contributed by atoms with van der Waals surface area (Å²) >= 11 is 12.0. The Kier molecular flexibility index (Phi) is 3.43. The zero-order valence-corrected chi connectivity index (χ0v) is 13.0. The van der Waals surface area contributed by atoms with Crippen LogP contribution < -0.4 is 5.73 Å². The van der Waals surface area contributed by atoms with E-state index in [9.17, 15) is 0 Å². The summed E-state index contributed by atoms with van der Waals surface area (Å²) < 4.78 is 7.21. The van der Waals surface area contributed by atoms with Gasteiger partial charge in [-0.1, -0.05) is 23.2 Å². The van der Waals surface area contributed by atoms with Gasteiger partial charge >= 0.3 is 0 Å². The third kappa shape index (κ3) is 2.52. The lowest BCUT2D eigenvalue weighted by molar-refractivity contribution is 0.505. The molecular formula is C15H13Cl2N3O. The standard InChI is InChI=1S/C15H13Cl2N3O/c1-8-5-11(9(2)21-8)15-14(18)7-20(19-15)10-3-4-12(16)13(17)6-10/h3-7H,18H2,1-2H3. The van der Waals surface area contributed by atoms with E-state index in [0.29, 0.717) is 21.4 Å². The first kappa shape index (κ1) is 14.0. The van der Waals surface area contributed by atoms with Gasteiger partial charge in [-0.2, -0.15) is 5.10 Å². The Morgan fingerprint density at radius 2 is 1.90 bits per heavy atom. The predicted octanol–water partition coefficient (Wildman–Crippen LogP) is 4.64. The van der Waals surface area contributed by atoms with Crippen molar-refractivity contribution < 1.29 is 4.42 Å².